The van der Waals surface area contributed by atoms with E-state index in [9.17, 15) is 0 Å². The van der Waals surface area contributed by atoms with Crippen LogP contribution in [0.5, 0.6) is 11.6 Å². The van der Waals surface area contributed by atoms with Crippen molar-refractivity contribution < 1.29 is 9.47 Å². The summed E-state index contributed by atoms with van der Waals surface area (Å²) in [5.41, 5.74) is 1.66. The lowest BCUT2D eigenvalue weighted by molar-refractivity contribution is 0.283. The van der Waals surface area contributed by atoms with Crippen LogP contribution in [0, 0.1) is 11.3 Å². The Hall–Kier alpha value is -3.28. The molecular weight excluding hydrogens is 422 g/mol. The van der Waals surface area contributed by atoms with Gasteiger partial charge >= 0.3 is 0 Å². The van der Waals surface area contributed by atoms with Crippen molar-refractivity contribution in [3.8, 4) is 17.7 Å². The number of piperazine rings is 1. The molecule has 0 aliphatic carbocycles. The molecule has 1 fully saturated rings. The van der Waals surface area contributed by atoms with Crippen molar-refractivity contribution in [1.82, 2.24) is 14.9 Å². The van der Waals surface area contributed by atoms with Gasteiger partial charge in [-0.3, -0.25) is 0 Å². The summed E-state index contributed by atoms with van der Waals surface area (Å²) in [6.45, 7) is 4.12. The summed E-state index contributed by atoms with van der Waals surface area (Å²) in [5, 5.41) is 9.03. The smallest absolute Gasteiger partial charge is 0.232 e. The number of benzene rings is 2. The van der Waals surface area contributed by atoms with E-state index in [0.29, 0.717) is 24.0 Å². The van der Waals surface area contributed by atoms with Crippen LogP contribution in [0.4, 0.5) is 5.95 Å². The Morgan fingerprint density at radius 2 is 1.75 bits per heavy atom. The van der Waals surface area contributed by atoms with E-state index in [1.807, 2.05) is 42.6 Å². The molecular formula is C24H25N5O2S. The molecule has 32 heavy (non-hydrogen) atoms. The van der Waals surface area contributed by atoms with E-state index in [1.54, 1.807) is 19.2 Å². The molecule has 0 amide bonds. The standard InChI is InChI=1S/C24H25N5O2S/c1-28-11-13-29(14-12-28)24-26-16-22(32-21-9-5-18(15-25)6-10-21)23(27-24)31-17-19-3-7-20(30-2)8-4-19/h3-10,16H,11-14,17H2,1-2H3. The van der Waals surface area contributed by atoms with Gasteiger partial charge in [-0.05, 0) is 49.0 Å². The maximum Gasteiger partial charge on any atom is 0.232 e. The fourth-order valence-corrected chi connectivity index (χ4v) is 4.10. The molecule has 0 bridgehead atoms. The van der Waals surface area contributed by atoms with Gasteiger partial charge in [0.15, 0.2) is 0 Å². The minimum atomic E-state index is 0.393. The van der Waals surface area contributed by atoms with Crippen molar-refractivity contribution in [1.29, 1.82) is 5.26 Å². The maximum atomic E-state index is 9.03. The Morgan fingerprint density at radius 1 is 1.03 bits per heavy atom. The number of nitriles is 1. The fraction of sp³-hybridized carbons (Fsp3) is 0.292. The number of rotatable bonds is 7. The molecule has 0 N–H and O–H groups in total. The van der Waals surface area contributed by atoms with Crippen LogP contribution in [-0.2, 0) is 6.61 Å². The van der Waals surface area contributed by atoms with Crippen LogP contribution in [0.2, 0.25) is 0 Å². The first kappa shape index (κ1) is 21.9. The average Bonchev–Trinajstić information content (AvgIpc) is 2.84. The van der Waals surface area contributed by atoms with Gasteiger partial charge in [0.25, 0.3) is 0 Å². The highest BCUT2D eigenvalue weighted by molar-refractivity contribution is 7.99. The van der Waals surface area contributed by atoms with Crippen molar-refractivity contribution >= 4 is 17.7 Å². The van der Waals surface area contributed by atoms with Gasteiger partial charge in [0.2, 0.25) is 11.8 Å². The topological polar surface area (TPSA) is 74.5 Å². The Morgan fingerprint density at radius 3 is 2.41 bits per heavy atom. The number of anilines is 1. The van der Waals surface area contributed by atoms with Crippen LogP contribution in [0.25, 0.3) is 0 Å². The quantitative estimate of drug-likeness (QED) is 0.541. The molecule has 0 atom stereocenters. The molecule has 1 aromatic heterocycles. The molecule has 3 aromatic rings. The highest BCUT2D eigenvalue weighted by atomic mass is 32.2. The summed E-state index contributed by atoms with van der Waals surface area (Å²) >= 11 is 1.52. The number of likely N-dealkylation sites (N-methyl/N-ethyl adjacent to an activating group) is 1. The minimum absolute atomic E-state index is 0.393. The summed E-state index contributed by atoms with van der Waals surface area (Å²) in [5.74, 6) is 2.05. The molecule has 0 radical (unpaired) electrons. The van der Waals surface area contributed by atoms with Crippen LogP contribution in [0.15, 0.2) is 64.5 Å². The highest BCUT2D eigenvalue weighted by Gasteiger charge is 2.19. The van der Waals surface area contributed by atoms with Gasteiger partial charge in [0.05, 0.1) is 29.8 Å². The van der Waals surface area contributed by atoms with Gasteiger partial charge in [-0.25, -0.2) is 4.98 Å². The molecule has 2 heterocycles. The summed E-state index contributed by atoms with van der Waals surface area (Å²) < 4.78 is 11.4. The zero-order valence-electron chi connectivity index (χ0n) is 18.2. The third-order valence-electron chi connectivity index (χ3n) is 5.24. The van der Waals surface area contributed by atoms with Crippen LogP contribution < -0.4 is 14.4 Å². The second kappa shape index (κ2) is 10.4. The Kier molecular flexibility index (Phi) is 7.10. The van der Waals surface area contributed by atoms with Gasteiger partial charge < -0.3 is 19.3 Å². The second-order valence-corrected chi connectivity index (χ2v) is 8.62. The molecule has 1 saturated heterocycles. The van der Waals surface area contributed by atoms with Gasteiger partial charge in [0, 0.05) is 31.1 Å². The molecule has 8 heteroatoms. The zero-order chi connectivity index (χ0) is 22.3. The van der Waals surface area contributed by atoms with Crippen molar-refractivity contribution in [2.75, 3.05) is 45.2 Å². The lowest BCUT2D eigenvalue weighted by atomic mass is 10.2. The Bertz CT molecular complexity index is 1080. The van der Waals surface area contributed by atoms with E-state index in [4.69, 9.17) is 19.7 Å². The summed E-state index contributed by atoms with van der Waals surface area (Å²) in [4.78, 5) is 15.7. The number of hydrogen-bond acceptors (Lipinski definition) is 8. The second-order valence-electron chi connectivity index (χ2n) is 7.50. The van der Waals surface area contributed by atoms with Gasteiger partial charge in [-0.1, -0.05) is 23.9 Å². The van der Waals surface area contributed by atoms with E-state index >= 15 is 0 Å². The Labute approximate surface area is 192 Å². The largest absolute Gasteiger partial charge is 0.497 e. The minimum Gasteiger partial charge on any atom is -0.497 e. The normalized spacial score (nSPS) is 14.1. The molecule has 0 unspecified atom stereocenters. The molecule has 164 valence electrons. The van der Waals surface area contributed by atoms with Gasteiger partial charge in [-0.2, -0.15) is 10.2 Å². The molecule has 1 aliphatic heterocycles. The highest BCUT2D eigenvalue weighted by Crippen LogP contribution is 2.35. The number of methoxy groups -OCH3 is 1. The first-order chi connectivity index (χ1) is 15.6. The molecule has 0 saturated carbocycles. The monoisotopic (exact) mass is 447 g/mol. The zero-order valence-corrected chi connectivity index (χ0v) is 19.0. The Balaban J connectivity index is 1.56. The van der Waals surface area contributed by atoms with Crippen molar-refractivity contribution in [2.24, 2.45) is 0 Å². The third-order valence-corrected chi connectivity index (χ3v) is 6.25. The molecule has 0 spiro atoms. The van der Waals surface area contributed by atoms with Crippen LogP contribution in [-0.4, -0.2) is 55.2 Å². The molecule has 2 aromatic carbocycles. The number of aromatic nitrogens is 2. The average molecular weight is 448 g/mol. The van der Waals surface area contributed by atoms with E-state index in [1.165, 1.54) is 11.8 Å². The van der Waals surface area contributed by atoms with E-state index in [0.717, 1.165) is 47.3 Å². The first-order valence-electron chi connectivity index (χ1n) is 10.4. The van der Waals surface area contributed by atoms with Crippen LogP contribution in [0.1, 0.15) is 11.1 Å². The molecule has 1 aliphatic rings. The SMILES string of the molecule is COc1ccc(COc2nc(N3CCN(C)CC3)ncc2Sc2ccc(C#N)cc2)cc1. The third kappa shape index (κ3) is 5.49. The van der Waals surface area contributed by atoms with Crippen molar-refractivity contribution in [2.45, 2.75) is 16.4 Å². The molecule has 7 nitrogen and oxygen atoms in total. The van der Waals surface area contributed by atoms with Crippen molar-refractivity contribution in [3.05, 3.63) is 65.9 Å². The fourth-order valence-electron chi connectivity index (χ4n) is 3.28. The lowest BCUT2D eigenvalue weighted by Gasteiger charge is -2.32. The number of nitrogens with zero attached hydrogens (tertiary/aromatic N) is 5. The predicted molar refractivity (Wildman–Crippen MR) is 124 cm³/mol. The predicted octanol–water partition coefficient (Wildman–Crippen LogP) is 3.84. The van der Waals surface area contributed by atoms with E-state index < -0.39 is 0 Å². The van der Waals surface area contributed by atoms with E-state index in [2.05, 4.69) is 27.9 Å². The summed E-state index contributed by atoms with van der Waals surface area (Å²) in [6, 6.07) is 17.4. The first-order valence-corrected chi connectivity index (χ1v) is 11.2. The van der Waals surface area contributed by atoms with Gasteiger partial charge in [0.1, 0.15) is 12.4 Å². The van der Waals surface area contributed by atoms with Crippen LogP contribution in [0.3, 0.4) is 0 Å². The lowest BCUT2D eigenvalue weighted by Crippen LogP contribution is -2.45. The summed E-state index contributed by atoms with van der Waals surface area (Å²) in [7, 11) is 3.78. The van der Waals surface area contributed by atoms with Crippen LogP contribution >= 0.6 is 11.8 Å². The van der Waals surface area contributed by atoms with E-state index in [-0.39, 0.29) is 0 Å². The number of ether oxygens (including phenoxy) is 2. The molecule has 4 rings (SSSR count). The maximum absolute atomic E-state index is 9.03. The summed E-state index contributed by atoms with van der Waals surface area (Å²) in [6.07, 6.45) is 1.83. The van der Waals surface area contributed by atoms with Gasteiger partial charge in [-0.15, -0.1) is 0 Å². The van der Waals surface area contributed by atoms with Crippen molar-refractivity contribution in [3.63, 3.8) is 0 Å². The number of hydrogen-bond donors (Lipinski definition) is 0.